The number of hydrogen-bond acceptors (Lipinski definition) is 5. The summed E-state index contributed by atoms with van der Waals surface area (Å²) in [5.74, 6) is -0.723. The summed E-state index contributed by atoms with van der Waals surface area (Å²) in [5.41, 5.74) is 2.31. The molecule has 6 heteroatoms. The molecular weight excluding hydrogens is 356 g/mol. The SMILES string of the molecule is Cc1cccc(N2C(=O)[C@@H]3[C@@H](c4ccco4)N(c4ccccc4)O[C@H]3C2=O)c1. The fourth-order valence-corrected chi connectivity index (χ4v) is 3.98. The highest BCUT2D eigenvalue weighted by molar-refractivity contribution is 6.23. The molecule has 3 aromatic rings. The van der Waals surface area contributed by atoms with Crippen molar-refractivity contribution < 1.29 is 18.8 Å². The number of para-hydroxylation sites is 1. The Balaban J connectivity index is 1.57. The fraction of sp³-hybridized carbons (Fsp3) is 0.182. The van der Waals surface area contributed by atoms with E-state index in [0.717, 1.165) is 11.3 Å². The summed E-state index contributed by atoms with van der Waals surface area (Å²) in [6.07, 6.45) is 0.675. The van der Waals surface area contributed by atoms with Crippen molar-refractivity contribution in [2.24, 2.45) is 5.92 Å². The Kier molecular flexibility index (Phi) is 3.80. The van der Waals surface area contributed by atoms with E-state index < -0.39 is 18.1 Å². The topological polar surface area (TPSA) is 63.0 Å². The van der Waals surface area contributed by atoms with Crippen molar-refractivity contribution in [3.63, 3.8) is 0 Å². The zero-order chi connectivity index (χ0) is 19.3. The van der Waals surface area contributed by atoms with Gasteiger partial charge in [0.1, 0.15) is 17.7 Å². The minimum Gasteiger partial charge on any atom is -0.467 e. The van der Waals surface area contributed by atoms with Crippen LogP contribution in [0.15, 0.2) is 77.4 Å². The minimum atomic E-state index is -0.886. The molecule has 2 aromatic carbocycles. The predicted molar refractivity (Wildman–Crippen MR) is 102 cm³/mol. The average Bonchev–Trinajstić information content (AvgIpc) is 3.40. The quantitative estimate of drug-likeness (QED) is 0.655. The summed E-state index contributed by atoms with van der Waals surface area (Å²) in [4.78, 5) is 33.7. The van der Waals surface area contributed by atoms with Gasteiger partial charge < -0.3 is 4.42 Å². The molecular formula is C22H18N2O4. The van der Waals surface area contributed by atoms with Crippen molar-refractivity contribution in [3.8, 4) is 0 Å². The van der Waals surface area contributed by atoms with Crippen LogP contribution in [-0.4, -0.2) is 17.9 Å². The number of benzene rings is 2. The number of anilines is 2. The van der Waals surface area contributed by atoms with Gasteiger partial charge in [0.2, 0.25) is 5.91 Å². The first kappa shape index (κ1) is 16.8. The standard InChI is InChI=1S/C22H18N2O4/c1-14-7-5-10-16(13-14)23-21(25)18-19(17-11-6-12-27-17)24(28-20(18)22(23)26)15-8-3-2-4-9-15/h2-13,18-20H,1H3/t18-,19-,20-/m1/s1. The number of rotatable bonds is 3. The van der Waals surface area contributed by atoms with E-state index in [0.29, 0.717) is 11.4 Å². The summed E-state index contributed by atoms with van der Waals surface area (Å²) in [6.45, 7) is 1.93. The number of carbonyl (C=O) groups is 2. The van der Waals surface area contributed by atoms with Gasteiger partial charge in [0, 0.05) is 0 Å². The number of imide groups is 1. The normalized spacial score (nSPS) is 24.1. The van der Waals surface area contributed by atoms with E-state index in [2.05, 4.69) is 0 Å². The smallest absolute Gasteiger partial charge is 0.266 e. The van der Waals surface area contributed by atoms with Crippen LogP contribution in [0.4, 0.5) is 11.4 Å². The van der Waals surface area contributed by atoms with E-state index in [1.165, 1.54) is 4.90 Å². The molecule has 2 aliphatic rings. The van der Waals surface area contributed by atoms with E-state index in [4.69, 9.17) is 9.25 Å². The van der Waals surface area contributed by atoms with Gasteiger partial charge >= 0.3 is 0 Å². The number of hydroxylamine groups is 1. The molecule has 0 bridgehead atoms. The van der Waals surface area contributed by atoms with Crippen LogP contribution in [0.2, 0.25) is 0 Å². The third kappa shape index (κ3) is 2.46. The summed E-state index contributed by atoms with van der Waals surface area (Å²) >= 11 is 0. The van der Waals surface area contributed by atoms with E-state index in [9.17, 15) is 9.59 Å². The Morgan fingerprint density at radius 2 is 1.64 bits per heavy atom. The molecule has 0 aliphatic carbocycles. The Morgan fingerprint density at radius 3 is 2.36 bits per heavy atom. The van der Waals surface area contributed by atoms with Crippen LogP contribution < -0.4 is 9.96 Å². The molecule has 3 heterocycles. The third-order valence-corrected chi connectivity index (χ3v) is 5.22. The monoisotopic (exact) mass is 374 g/mol. The van der Waals surface area contributed by atoms with Gasteiger partial charge in [0.25, 0.3) is 5.91 Å². The van der Waals surface area contributed by atoms with E-state index in [1.807, 2.05) is 55.5 Å². The first-order chi connectivity index (χ1) is 13.6. The van der Waals surface area contributed by atoms with Crippen molar-refractivity contribution >= 4 is 23.2 Å². The van der Waals surface area contributed by atoms with Crippen molar-refractivity contribution in [3.05, 3.63) is 84.3 Å². The molecule has 3 atom stereocenters. The summed E-state index contributed by atoms with van der Waals surface area (Å²) in [7, 11) is 0. The van der Waals surface area contributed by atoms with Crippen LogP contribution in [0, 0.1) is 12.8 Å². The van der Waals surface area contributed by atoms with Crippen molar-refractivity contribution in [2.45, 2.75) is 19.1 Å². The summed E-state index contributed by atoms with van der Waals surface area (Å²) in [5, 5.41) is 1.62. The van der Waals surface area contributed by atoms with Crippen molar-refractivity contribution in [1.82, 2.24) is 0 Å². The van der Waals surface area contributed by atoms with Crippen LogP contribution in [0.25, 0.3) is 0 Å². The highest BCUT2D eigenvalue weighted by Gasteiger charge is 2.61. The first-order valence-electron chi connectivity index (χ1n) is 9.14. The number of nitrogens with zero attached hydrogens (tertiary/aromatic N) is 2. The third-order valence-electron chi connectivity index (χ3n) is 5.22. The highest BCUT2D eigenvalue weighted by atomic mass is 16.7. The lowest BCUT2D eigenvalue weighted by Crippen LogP contribution is -2.37. The van der Waals surface area contributed by atoms with Crippen molar-refractivity contribution in [2.75, 3.05) is 9.96 Å². The number of amides is 2. The van der Waals surface area contributed by atoms with Gasteiger partial charge in [-0.15, -0.1) is 0 Å². The van der Waals surface area contributed by atoms with Crippen LogP contribution in [0.5, 0.6) is 0 Å². The van der Waals surface area contributed by atoms with Crippen molar-refractivity contribution in [1.29, 1.82) is 0 Å². The Morgan fingerprint density at radius 1 is 0.857 bits per heavy atom. The molecule has 0 unspecified atom stereocenters. The molecule has 2 saturated heterocycles. The summed E-state index contributed by atoms with van der Waals surface area (Å²) in [6, 6.07) is 19.8. The van der Waals surface area contributed by atoms with Gasteiger partial charge in [0.05, 0.1) is 17.6 Å². The zero-order valence-electron chi connectivity index (χ0n) is 15.2. The van der Waals surface area contributed by atoms with Crippen LogP contribution in [0.1, 0.15) is 17.4 Å². The number of aryl methyl sites for hydroxylation is 1. The average molecular weight is 374 g/mol. The molecule has 0 saturated carbocycles. The van der Waals surface area contributed by atoms with Crippen LogP contribution in [0.3, 0.4) is 0 Å². The van der Waals surface area contributed by atoms with E-state index >= 15 is 0 Å². The lowest BCUT2D eigenvalue weighted by atomic mass is 9.94. The number of hydrogen-bond donors (Lipinski definition) is 0. The van der Waals surface area contributed by atoms with Gasteiger partial charge in [-0.1, -0.05) is 30.3 Å². The second-order valence-electron chi connectivity index (χ2n) is 7.02. The van der Waals surface area contributed by atoms with Gasteiger partial charge in [-0.05, 0) is 48.9 Å². The number of fused-ring (bicyclic) bond motifs is 1. The maximum absolute atomic E-state index is 13.3. The maximum Gasteiger partial charge on any atom is 0.266 e. The molecule has 28 heavy (non-hydrogen) atoms. The number of furan rings is 1. The largest absolute Gasteiger partial charge is 0.467 e. The Bertz CT molecular complexity index is 1030. The summed E-state index contributed by atoms with van der Waals surface area (Å²) < 4.78 is 5.62. The molecule has 6 nitrogen and oxygen atoms in total. The molecule has 1 aromatic heterocycles. The van der Waals surface area contributed by atoms with Gasteiger partial charge in [-0.3, -0.25) is 14.4 Å². The predicted octanol–water partition coefficient (Wildman–Crippen LogP) is 3.64. The Labute approximate surface area is 161 Å². The number of carbonyl (C=O) groups excluding carboxylic acids is 2. The molecule has 2 fully saturated rings. The fourth-order valence-electron chi connectivity index (χ4n) is 3.98. The first-order valence-corrected chi connectivity index (χ1v) is 9.14. The Hall–Kier alpha value is -3.38. The minimum absolute atomic E-state index is 0.277. The van der Waals surface area contributed by atoms with Crippen LogP contribution >= 0.6 is 0 Å². The lowest BCUT2D eigenvalue weighted by molar-refractivity contribution is -0.126. The highest BCUT2D eigenvalue weighted by Crippen LogP contribution is 2.47. The molecule has 0 radical (unpaired) electrons. The van der Waals surface area contributed by atoms with E-state index in [1.54, 1.807) is 29.5 Å². The van der Waals surface area contributed by atoms with E-state index in [-0.39, 0.29) is 11.8 Å². The molecule has 2 amide bonds. The second kappa shape index (κ2) is 6.35. The maximum atomic E-state index is 13.3. The molecule has 0 spiro atoms. The lowest BCUT2D eigenvalue weighted by Gasteiger charge is -2.27. The molecule has 5 rings (SSSR count). The van der Waals surface area contributed by atoms with Gasteiger partial charge in [-0.2, -0.15) is 0 Å². The van der Waals surface area contributed by atoms with Crippen LogP contribution in [-0.2, 0) is 14.4 Å². The van der Waals surface area contributed by atoms with Gasteiger partial charge in [-0.25, -0.2) is 9.96 Å². The molecule has 140 valence electrons. The van der Waals surface area contributed by atoms with Gasteiger partial charge in [0.15, 0.2) is 6.10 Å². The second-order valence-corrected chi connectivity index (χ2v) is 7.02. The molecule has 2 aliphatic heterocycles. The zero-order valence-corrected chi connectivity index (χ0v) is 15.2. The molecule has 0 N–H and O–H groups in total.